The van der Waals surface area contributed by atoms with Crippen molar-refractivity contribution < 1.29 is 9.90 Å². The van der Waals surface area contributed by atoms with Crippen molar-refractivity contribution in [2.75, 3.05) is 32.7 Å². The quantitative estimate of drug-likeness (QED) is 0.912. The number of hydrogen-bond donors (Lipinski definition) is 1. The van der Waals surface area contributed by atoms with Gasteiger partial charge in [0.1, 0.15) is 0 Å². The highest BCUT2D eigenvalue weighted by atomic mass is 32.1. The normalized spacial score (nSPS) is 18.5. The molecule has 1 fully saturated rings. The van der Waals surface area contributed by atoms with E-state index in [1.54, 1.807) is 18.3 Å². The van der Waals surface area contributed by atoms with Crippen molar-refractivity contribution >= 4 is 17.2 Å². The predicted molar refractivity (Wildman–Crippen MR) is 89.2 cm³/mol. The number of carbonyl (C=O) groups is 1. The van der Waals surface area contributed by atoms with E-state index >= 15 is 0 Å². The molecule has 0 aliphatic carbocycles. The monoisotopic (exact) mass is 325 g/mol. The van der Waals surface area contributed by atoms with E-state index < -0.39 is 0 Å². The maximum absolute atomic E-state index is 12.4. The van der Waals surface area contributed by atoms with Crippen molar-refractivity contribution in [2.45, 2.75) is 45.6 Å². The zero-order valence-electron chi connectivity index (χ0n) is 14.0. The molecule has 22 heavy (non-hydrogen) atoms. The number of hydrogen-bond acceptors (Lipinski definition) is 5. The molecule has 6 heteroatoms. The van der Waals surface area contributed by atoms with Gasteiger partial charge in [-0.25, -0.2) is 4.98 Å². The van der Waals surface area contributed by atoms with Crippen LogP contribution in [0.15, 0.2) is 5.38 Å². The molecule has 2 heterocycles. The molecule has 0 bridgehead atoms. The van der Waals surface area contributed by atoms with Gasteiger partial charge in [0, 0.05) is 43.5 Å². The summed E-state index contributed by atoms with van der Waals surface area (Å²) in [6, 6.07) is 0. The molecule has 1 atom stereocenters. The molecule has 1 aromatic rings. The van der Waals surface area contributed by atoms with Gasteiger partial charge in [0.25, 0.3) is 0 Å². The topological polar surface area (TPSA) is 56.7 Å². The van der Waals surface area contributed by atoms with Crippen LogP contribution in [0.4, 0.5) is 0 Å². The number of aliphatic hydroxyl groups is 1. The number of rotatable bonds is 4. The number of nitrogens with zero attached hydrogens (tertiary/aromatic N) is 3. The van der Waals surface area contributed by atoms with Crippen LogP contribution in [0.3, 0.4) is 0 Å². The molecule has 1 amide bonds. The summed E-state index contributed by atoms with van der Waals surface area (Å²) < 4.78 is 0. The molecule has 0 unspecified atom stereocenters. The zero-order chi connectivity index (χ0) is 16.3. The summed E-state index contributed by atoms with van der Waals surface area (Å²) in [6.07, 6.45) is 0.0799. The third-order valence-corrected chi connectivity index (χ3v) is 5.09. The first-order chi connectivity index (χ1) is 10.3. The van der Waals surface area contributed by atoms with E-state index in [0.29, 0.717) is 13.0 Å². The van der Waals surface area contributed by atoms with Gasteiger partial charge in [0.15, 0.2) is 0 Å². The van der Waals surface area contributed by atoms with Crippen molar-refractivity contribution in [3.8, 4) is 0 Å². The minimum absolute atomic E-state index is 0.0403. The first-order valence-electron chi connectivity index (χ1n) is 7.89. The highest BCUT2D eigenvalue weighted by Gasteiger charge is 2.23. The lowest BCUT2D eigenvalue weighted by Crippen LogP contribution is -2.50. The Hall–Kier alpha value is -0.980. The van der Waals surface area contributed by atoms with E-state index in [2.05, 4.69) is 30.7 Å². The minimum Gasteiger partial charge on any atom is -0.392 e. The van der Waals surface area contributed by atoms with Crippen molar-refractivity contribution in [2.24, 2.45) is 0 Å². The van der Waals surface area contributed by atoms with Gasteiger partial charge in [-0.1, -0.05) is 20.8 Å². The van der Waals surface area contributed by atoms with Crippen LogP contribution in [0, 0.1) is 0 Å². The summed E-state index contributed by atoms with van der Waals surface area (Å²) in [5.74, 6) is 0.155. The average molecular weight is 325 g/mol. The molecule has 5 nitrogen and oxygen atoms in total. The summed E-state index contributed by atoms with van der Waals surface area (Å²) in [5.41, 5.74) is 0.921. The minimum atomic E-state index is -0.312. The molecular formula is C16H27N3O2S. The Morgan fingerprint density at radius 3 is 2.50 bits per heavy atom. The fourth-order valence-corrected chi connectivity index (χ4v) is 3.46. The molecule has 1 saturated heterocycles. The SMILES string of the molecule is C[C@H](O)CN1CCN(C(=O)Cc2csc(C(C)(C)C)n2)CC1. The number of β-amino-alcohol motifs (C(OH)–C–C–N with tert-alkyl or cyclic N) is 1. The van der Waals surface area contributed by atoms with E-state index in [1.807, 2.05) is 10.3 Å². The Kier molecular flexibility index (Phi) is 5.58. The van der Waals surface area contributed by atoms with E-state index in [4.69, 9.17) is 0 Å². The summed E-state index contributed by atoms with van der Waals surface area (Å²) in [7, 11) is 0. The van der Waals surface area contributed by atoms with E-state index in [-0.39, 0.29) is 17.4 Å². The van der Waals surface area contributed by atoms with Crippen molar-refractivity contribution in [1.29, 1.82) is 0 Å². The lowest BCUT2D eigenvalue weighted by Gasteiger charge is -2.35. The van der Waals surface area contributed by atoms with E-state index in [9.17, 15) is 9.90 Å². The smallest absolute Gasteiger partial charge is 0.228 e. The van der Waals surface area contributed by atoms with Gasteiger partial charge in [0.05, 0.1) is 23.2 Å². The van der Waals surface area contributed by atoms with E-state index in [0.717, 1.165) is 36.9 Å². The predicted octanol–water partition coefficient (Wildman–Crippen LogP) is 1.51. The van der Waals surface area contributed by atoms with Crippen LogP contribution >= 0.6 is 11.3 Å². The second-order valence-corrected chi connectivity index (χ2v) is 7.96. The number of aromatic nitrogens is 1. The Balaban J connectivity index is 1.85. The Bertz CT molecular complexity index is 500. The first kappa shape index (κ1) is 17.4. The first-order valence-corrected chi connectivity index (χ1v) is 8.77. The molecule has 0 radical (unpaired) electrons. The van der Waals surface area contributed by atoms with Gasteiger partial charge in [-0.2, -0.15) is 0 Å². The van der Waals surface area contributed by atoms with Crippen molar-refractivity contribution in [3.05, 3.63) is 16.1 Å². The third kappa shape index (κ3) is 4.76. The number of amides is 1. The summed E-state index contributed by atoms with van der Waals surface area (Å²) in [5, 5.41) is 12.5. The largest absolute Gasteiger partial charge is 0.392 e. The molecular weight excluding hydrogens is 298 g/mol. The van der Waals surface area contributed by atoms with Gasteiger partial charge in [-0.3, -0.25) is 9.69 Å². The van der Waals surface area contributed by atoms with Crippen LogP contribution in [-0.2, 0) is 16.6 Å². The van der Waals surface area contributed by atoms with Crippen molar-refractivity contribution in [1.82, 2.24) is 14.8 Å². The number of piperazine rings is 1. The van der Waals surface area contributed by atoms with Gasteiger partial charge in [-0.15, -0.1) is 11.3 Å². The average Bonchev–Trinajstić information content (AvgIpc) is 2.87. The number of carbonyl (C=O) groups excluding carboxylic acids is 1. The fraction of sp³-hybridized carbons (Fsp3) is 0.750. The number of thiazole rings is 1. The van der Waals surface area contributed by atoms with Crippen LogP contribution in [-0.4, -0.2) is 64.6 Å². The molecule has 2 rings (SSSR count). The lowest BCUT2D eigenvalue weighted by atomic mass is 9.98. The van der Waals surface area contributed by atoms with Gasteiger partial charge in [0.2, 0.25) is 5.91 Å². The van der Waals surface area contributed by atoms with Gasteiger partial charge < -0.3 is 10.0 Å². The lowest BCUT2D eigenvalue weighted by molar-refractivity contribution is -0.132. The summed E-state index contributed by atoms with van der Waals surface area (Å²) in [4.78, 5) is 21.1. The Morgan fingerprint density at radius 2 is 2.00 bits per heavy atom. The van der Waals surface area contributed by atoms with Gasteiger partial charge in [-0.05, 0) is 6.92 Å². The van der Waals surface area contributed by atoms with Crippen molar-refractivity contribution in [3.63, 3.8) is 0 Å². The Morgan fingerprint density at radius 1 is 1.36 bits per heavy atom. The van der Waals surface area contributed by atoms with Gasteiger partial charge >= 0.3 is 0 Å². The molecule has 0 spiro atoms. The molecule has 0 saturated carbocycles. The fourth-order valence-electron chi connectivity index (χ4n) is 2.55. The van der Waals surface area contributed by atoms with E-state index in [1.165, 1.54) is 0 Å². The zero-order valence-corrected chi connectivity index (χ0v) is 14.8. The highest BCUT2D eigenvalue weighted by molar-refractivity contribution is 7.09. The van der Waals surface area contributed by atoms with Crippen LogP contribution in [0.5, 0.6) is 0 Å². The standard InChI is InChI=1S/C16H27N3O2S/c1-12(20)10-18-5-7-19(8-6-18)14(21)9-13-11-22-15(17-13)16(2,3)4/h11-12,20H,5-10H2,1-4H3/t12-/m0/s1. The second kappa shape index (κ2) is 7.06. The molecule has 124 valence electrons. The van der Waals surface area contributed by atoms with Crippen LogP contribution in [0.2, 0.25) is 0 Å². The summed E-state index contributed by atoms with van der Waals surface area (Å²) in [6.45, 7) is 12.0. The molecule has 1 aromatic heterocycles. The molecule has 0 aromatic carbocycles. The second-order valence-electron chi connectivity index (χ2n) is 7.10. The molecule has 1 aliphatic rings. The highest BCUT2D eigenvalue weighted by Crippen LogP contribution is 2.25. The third-order valence-electron chi connectivity index (χ3n) is 3.77. The number of aliphatic hydroxyl groups excluding tert-OH is 1. The maximum Gasteiger partial charge on any atom is 0.228 e. The Labute approximate surface area is 137 Å². The van der Waals surface area contributed by atoms with Crippen LogP contribution < -0.4 is 0 Å². The van der Waals surface area contributed by atoms with Crippen LogP contribution in [0.25, 0.3) is 0 Å². The maximum atomic E-state index is 12.4. The molecule has 1 aliphatic heterocycles. The summed E-state index contributed by atoms with van der Waals surface area (Å²) >= 11 is 1.63. The molecule has 1 N–H and O–H groups in total. The van der Waals surface area contributed by atoms with Crippen LogP contribution in [0.1, 0.15) is 38.4 Å².